The molecule has 0 spiro atoms. The molecule has 0 unspecified atom stereocenters. The van der Waals surface area contributed by atoms with Crippen LogP contribution in [-0.4, -0.2) is 9.97 Å². The van der Waals surface area contributed by atoms with E-state index in [9.17, 15) is 4.79 Å². The molecule has 4 nitrogen and oxygen atoms in total. The van der Waals surface area contributed by atoms with Crippen LogP contribution in [0.1, 0.15) is 5.69 Å². The lowest BCUT2D eigenvalue weighted by Crippen LogP contribution is -2.07. The first-order valence-corrected chi connectivity index (χ1v) is 3.69. The van der Waals surface area contributed by atoms with Crippen LogP contribution in [0.25, 0.3) is 10.9 Å². The average Bonchev–Trinajstić information content (AvgIpc) is 2.18. The lowest BCUT2D eigenvalue weighted by molar-refractivity contribution is 1.21. The Hall–Kier alpha value is -2.15. The van der Waals surface area contributed by atoms with E-state index in [1.165, 1.54) is 0 Å². The van der Waals surface area contributed by atoms with E-state index in [1.54, 1.807) is 24.4 Å². The summed E-state index contributed by atoms with van der Waals surface area (Å²) in [6.07, 6.45) is 1.59. The first-order valence-electron chi connectivity index (χ1n) is 3.69. The van der Waals surface area contributed by atoms with Gasteiger partial charge in [0, 0.05) is 6.20 Å². The Labute approximate surface area is 73.5 Å². The third-order valence-corrected chi connectivity index (χ3v) is 1.73. The highest BCUT2D eigenvalue weighted by Crippen LogP contribution is 2.05. The van der Waals surface area contributed by atoms with E-state index in [2.05, 4.69) is 9.97 Å². The minimum atomic E-state index is -0.276. The van der Waals surface area contributed by atoms with Crippen molar-refractivity contribution in [1.29, 1.82) is 5.26 Å². The highest BCUT2D eigenvalue weighted by molar-refractivity contribution is 5.77. The quantitative estimate of drug-likeness (QED) is 0.637. The molecule has 0 aliphatic rings. The van der Waals surface area contributed by atoms with Gasteiger partial charge in [-0.2, -0.15) is 5.26 Å². The van der Waals surface area contributed by atoms with Crippen molar-refractivity contribution in [2.75, 3.05) is 0 Å². The third kappa shape index (κ3) is 1.16. The molecule has 2 heterocycles. The van der Waals surface area contributed by atoms with Crippen molar-refractivity contribution < 1.29 is 0 Å². The molecule has 2 rings (SSSR count). The van der Waals surface area contributed by atoms with Gasteiger partial charge in [0.15, 0.2) is 0 Å². The second-order valence-electron chi connectivity index (χ2n) is 2.56. The molecule has 0 radical (unpaired) electrons. The van der Waals surface area contributed by atoms with Crippen molar-refractivity contribution in [3.63, 3.8) is 0 Å². The van der Waals surface area contributed by atoms with Gasteiger partial charge in [0.25, 0.3) is 5.56 Å². The largest absolute Gasteiger partial charge is 0.313 e. The number of nitrogens with one attached hydrogen (secondary N) is 1. The van der Waals surface area contributed by atoms with Gasteiger partial charge in [-0.15, -0.1) is 0 Å². The lowest BCUT2D eigenvalue weighted by Gasteiger charge is -1.94. The second-order valence-corrected chi connectivity index (χ2v) is 2.56. The molecule has 13 heavy (non-hydrogen) atoms. The molecule has 0 aliphatic heterocycles. The maximum Gasteiger partial charge on any atom is 0.258 e. The molecule has 2 aromatic rings. The van der Waals surface area contributed by atoms with E-state index in [0.717, 1.165) is 0 Å². The predicted octanol–water partition coefficient (Wildman–Crippen LogP) is 0.795. The van der Waals surface area contributed by atoms with E-state index in [4.69, 9.17) is 5.26 Å². The number of rotatable bonds is 0. The smallest absolute Gasteiger partial charge is 0.258 e. The number of aromatic nitrogens is 2. The first-order chi connectivity index (χ1) is 6.31. The van der Waals surface area contributed by atoms with Crippen LogP contribution >= 0.6 is 0 Å². The van der Waals surface area contributed by atoms with Gasteiger partial charge < -0.3 is 4.98 Å². The number of fused-ring (bicyclic) bond motifs is 1. The van der Waals surface area contributed by atoms with Crippen molar-refractivity contribution in [2.45, 2.75) is 0 Å². The van der Waals surface area contributed by atoms with Crippen molar-refractivity contribution in [3.8, 4) is 6.07 Å². The number of H-pyrrole nitrogens is 1. The molecule has 1 N–H and O–H groups in total. The van der Waals surface area contributed by atoms with Gasteiger partial charge >= 0.3 is 0 Å². The molecular formula is C9H5N3O. The summed E-state index contributed by atoms with van der Waals surface area (Å²) in [5, 5.41) is 9.07. The zero-order chi connectivity index (χ0) is 9.26. The molecule has 0 aromatic carbocycles. The number of nitrogens with zero attached hydrogens (tertiary/aromatic N) is 2. The van der Waals surface area contributed by atoms with Gasteiger partial charge in [0.1, 0.15) is 11.8 Å². The highest BCUT2D eigenvalue weighted by Gasteiger charge is 2.00. The molecule has 0 amide bonds. The van der Waals surface area contributed by atoms with Crippen LogP contribution in [0, 0.1) is 11.3 Å². The number of hydrogen-bond donors (Lipinski definition) is 1. The second kappa shape index (κ2) is 2.72. The van der Waals surface area contributed by atoms with Crippen LogP contribution in [0.15, 0.2) is 29.2 Å². The van der Waals surface area contributed by atoms with Crippen LogP contribution < -0.4 is 5.56 Å². The first kappa shape index (κ1) is 7.50. The van der Waals surface area contributed by atoms with Crippen molar-refractivity contribution in [1.82, 2.24) is 9.97 Å². The van der Waals surface area contributed by atoms with Crippen molar-refractivity contribution in [3.05, 3.63) is 40.4 Å². The molecule has 0 saturated carbocycles. The lowest BCUT2D eigenvalue weighted by atomic mass is 10.2. The van der Waals surface area contributed by atoms with Gasteiger partial charge in [-0.1, -0.05) is 0 Å². The fourth-order valence-corrected chi connectivity index (χ4v) is 1.15. The highest BCUT2D eigenvalue weighted by atomic mass is 16.1. The summed E-state index contributed by atoms with van der Waals surface area (Å²) >= 11 is 0. The Balaban J connectivity index is 2.95. The summed E-state index contributed by atoms with van der Waals surface area (Å²) < 4.78 is 0. The zero-order valence-corrected chi connectivity index (χ0v) is 6.61. The number of pyridine rings is 2. The Morgan fingerprint density at radius 2 is 2.38 bits per heavy atom. The molecule has 0 fully saturated rings. The standard InChI is InChI=1S/C9H5N3O/c10-5-6-4-8-7(9(13)12-6)2-1-3-11-8/h1-4H,(H,12,13). The summed E-state index contributed by atoms with van der Waals surface area (Å²) in [6, 6.07) is 6.77. The number of aromatic amines is 1. The monoisotopic (exact) mass is 171 g/mol. The maximum atomic E-state index is 11.3. The summed E-state index contributed by atoms with van der Waals surface area (Å²) in [5.41, 5.74) is 0.501. The molecule has 0 saturated heterocycles. The SMILES string of the molecule is N#Cc1cc2ncccc2c(=O)[nH]1. The van der Waals surface area contributed by atoms with Crippen LogP contribution in [0.5, 0.6) is 0 Å². The summed E-state index contributed by atoms with van der Waals surface area (Å²) in [6.45, 7) is 0. The Bertz CT molecular complexity index is 551. The van der Waals surface area contributed by atoms with E-state index < -0.39 is 0 Å². The average molecular weight is 171 g/mol. The summed E-state index contributed by atoms with van der Waals surface area (Å²) in [5.74, 6) is 0. The van der Waals surface area contributed by atoms with Crippen LogP contribution in [0.3, 0.4) is 0 Å². The zero-order valence-electron chi connectivity index (χ0n) is 6.61. The van der Waals surface area contributed by atoms with Gasteiger partial charge in [0.05, 0.1) is 10.9 Å². The third-order valence-electron chi connectivity index (χ3n) is 1.73. The van der Waals surface area contributed by atoms with Crippen molar-refractivity contribution >= 4 is 10.9 Å². The van der Waals surface area contributed by atoms with E-state index in [-0.39, 0.29) is 11.3 Å². The predicted molar refractivity (Wildman–Crippen MR) is 47.1 cm³/mol. The van der Waals surface area contributed by atoms with Gasteiger partial charge in [-0.3, -0.25) is 9.78 Å². The topological polar surface area (TPSA) is 69.5 Å². The Morgan fingerprint density at radius 1 is 1.54 bits per heavy atom. The van der Waals surface area contributed by atoms with Crippen LogP contribution in [-0.2, 0) is 0 Å². The molecular weight excluding hydrogens is 166 g/mol. The maximum absolute atomic E-state index is 11.3. The van der Waals surface area contributed by atoms with Crippen LogP contribution in [0.2, 0.25) is 0 Å². The normalized spacial score (nSPS) is 9.77. The van der Waals surface area contributed by atoms with Gasteiger partial charge in [-0.05, 0) is 18.2 Å². The minimum absolute atomic E-state index is 0.233. The van der Waals surface area contributed by atoms with E-state index >= 15 is 0 Å². The molecule has 0 atom stereocenters. The molecule has 4 heteroatoms. The summed E-state index contributed by atoms with van der Waals surface area (Å²) in [4.78, 5) is 17.7. The Morgan fingerprint density at radius 3 is 3.15 bits per heavy atom. The molecule has 62 valence electrons. The van der Waals surface area contributed by atoms with Gasteiger partial charge in [0.2, 0.25) is 0 Å². The Kier molecular flexibility index (Phi) is 1.57. The fourth-order valence-electron chi connectivity index (χ4n) is 1.15. The van der Waals surface area contributed by atoms with Crippen molar-refractivity contribution in [2.24, 2.45) is 0 Å². The molecule has 0 aliphatic carbocycles. The molecule has 2 aromatic heterocycles. The van der Waals surface area contributed by atoms with Gasteiger partial charge in [-0.25, -0.2) is 0 Å². The summed E-state index contributed by atoms with van der Waals surface area (Å²) in [7, 11) is 0. The van der Waals surface area contributed by atoms with E-state index in [0.29, 0.717) is 10.9 Å². The number of nitriles is 1. The molecule has 0 bridgehead atoms. The minimum Gasteiger partial charge on any atom is -0.313 e. The van der Waals surface area contributed by atoms with Crippen LogP contribution in [0.4, 0.5) is 0 Å². The fraction of sp³-hybridized carbons (Fsp3) is 0. The number of hydrogen-bond acceptors (Lipinski definition) is 3. The van der Waals surface area contributed by atoms with E-state index in [1.807, 2.05) is 6.07 Å².